The Bertz CT molecular complexity index is 1450. The number of amides is 3. The minimum absolute atomic E-state index is 0.318. The van der Waals surface area contributed by atoms with Gasteiger partial charge in [-0.05, 0) is 59.9 Å². The van der Waals surface area contributed by atoms with Crippen LogP contribution in [0.15, 0.2) is 72.8 Å². The zero-order chi connectivity index (χ0) is 28.4. The summed E-state index contributed by atoms with van der Waals surface area (Å²) in [6.07, 6.45) is 0.710. The highest BCUT2D eigenvalue weighted by Crippen LogP contribution is 2.69. The quantitative estimate of drug-likeness (QED) is 0.248. The number of nitrogens with one attached hydrogen (secondary N) is 1. The molecule has 0 unspecified atom stereocenters. The van der Waals surface area contributed by atoms with E-state index in [2.05, 4.69) is 5.32 Å². The van der Waals surface area contributed by atoms with Gasteiger partial charge in [0.1, 0.15) is 15.8 Å². The molecule has 7 nitrogen and oxygen atoms in total. The SMILES string of the molecule is CCCOC(=O)c1ccc(NC(=O)[C@H](C)N2C(=O)[C@@H]3[C@H](C2=O)C2(Cl)c4ccccc4C3(Cl)c3ccccc32)cc1. The lowest BCUT2D eigenvalue weighted by Gasteiger charge is -2.54. The Balaban J connectivity index is 1.31. The summed E-state index contributed by atoms with van der Waals surface area (Å²) in [5.74, 6) is -4.03. The van der Waals surface area contributed by atoms with E-state index in [0.29, 0.717) is 46.5 Å². The van der Waals surface area contributed by atoms with E-state index >= 15 is 0 Å². The minimum atomic E-state index is -1.31. The van der Waals surface area contributed by atoms with E-state index in [1.165, 1.54) is 6.92 Å². The number of nitrogens with zero attached hydrogens (tertiary/aromatic N) is 1. The summed E-state index contributed by atoms with van der Waals surface area (Å²) in [6, 6.07) is 19.8. The van der Waals surface area contributed by atoms with Crippen molar-refractivity contribution in [1.82, 2.24) is 4.90 Å². The van der Waals surface area contributed by atoms with Gasteiger partial charge in [0, 0.05) is 5.69 Å². The molecule has 3 amide bonds. The highest BCUT2D eigenvalue weighted by molar-refractivity contribution is 6.36. The maximum Gasteiger partial charge on any atom is 0.338 e. The number of anilines is 1. The third-order valence-electron chi connectivity index (χ3n) is 8.21. The lowest BCUT2D eigenvalue weighted by atomic mass is 9.54. The summed E-state index contributed by atoms with van der Waals surface area (Å²) in [4.78, 5) is 51.9. The molecular formula is C31H26Cl2N2O5. The average molecular weight is 577 g/mol. The molecular weight excluding hydrogens is 551 g/mol. The number of carbonyl (C=O) groups excluding carboxylic acids is 4. The standard InChI is InChI=1S/C31H26Cl2N2O5/c1-3-16-40-29(39)18-12-14-19(15-13-18)34-26(36)17(2)35-27(37)24-25(28(35)38)31(33)21-9-5-4-8-20(21)30(24,32)22-10-6-7-11-23(22)31/h4-15,17,24-25H,3,16H2,1-2H3,(H,34,36)/t17-,24-,25+,30?,31?/m0/s1. The lowest BCUT2D eigenvalue weighted by molar-refractivity contribution is -0.146. The average Bonchev–Trinajstić information content (AvgIpc) is 3.25. The van der Waals surface area contributed by atoms with Gasteiger partial charge in [-0.15, -0.1) is 23.2 Å². The van der Waals surface area contributed by atoms with Crippen LogP contribution < -0.4 is 5.32 Å². The zero-order valence-corrected chi connectivity index (χ0v) is 23.3. The summed E-state index contributed by atoms with van der Waals surface area (Å²) in [6.45, 7) is 3.72. The Morgan fingerprint density at radius 1 is 0.850 bits per heavy atom. The van der Waals surface area contributed by atoms with E-state index in [0.717, 1.165) is 4.90 Å². The molecule has 3 aliphatic carbocycles. The Kier molecular flexibility index (Phi) is 6.28. The number of alkyl halides is 2. The summed E-state index contributed by atoms with van der Waals surface area (Å²) >= 11 is 14.9. The molecule has 40 heavy (non-hydrogen) atoms. The number of imide groups is 1. The first kappa shape index (κ1) is 26.5. The van der Waals surface area contributed by atoms with Gasteiger partial charge >= 0.3 is 5.97 Å². The maximum atomic E-state index is 14.0. The number of likely N-dealkylation sites (tertiary alicyclic amines) is 1. The fourth-order valence-corrected chi connectivity index (χ4v) is 7.50. The van der Waals surface area contributed by atoms with Gasteiger partial charge in [0.25, 0.3) is 0 Å². The summed E-state index contributed by atoms with van der Waals surface area (Å²) in [5.41, 5.74) is 3.55. The highest BCUT2D eigenvalue weighted by Gasteiger charge is 2.73. The number of rotatable bonds is 6. The largest absolute Gasteiger partial charge is 0.462 e. The van der Waals surface area contributed by atoms with Crippen molar-refractivity contribution in [2.45, 2.75) is 36.1 Å². The third kappa shape index (κ3) is 3.50. The summed E-state index contributed by atoms with van der Waals surface area (Å²) in [5, 5.41) is 2.74. The topological polar surface area (TPSA) is 92.8 Å². The van der Waals surface area contributed by atoms with Gasteiger partial charge in [-0.2, -0.15) is 0 Å². The van der Waals surface area contributed by atoms with Crippen molar-refractivity contribution in [3.8, 4) is 0 Å². The first-order valence-corrected chi connectivity index (χ1v) is 13.9. The number of ether oxygens (including phenoxy) is 1. The lowest BCUT2D eigenvalue weighted by Crippen LogP contribution is -2.57. The summed E-state index contributed by atoms with van der Waals surface area (Å²) < 4.78 is 5.13. The molecule has 1 heterocycles. The van der Waals surface area contributed by atoms with Crippen LogP contribution in [0.3, 0.4) is 0 Å². The smallest absolute Gasteiger partial charge is 0.338 e. The van der Waals surface area contributed by atoms with Crippen molar-refractivity contribution in [3.63, 3.8) is 0 Å². The van der Waals surface area contributed by atoms with Crippen LogP contribution >= 0.6 is 23.2 Å². The van der Waals surface area contributed by atoms with E-state index in [9.17, 15) is 19.2 Å². The Hall–Kier alpha value is -3.68. The second kappa shape index (κ2) is 9.46. The van der Waals surface area contributed by atoms with E-state index in [1.54, 1.807) is 24.3 Å². The van der Waals surface area contributed by atoms with Crippen molar-refractivity contribution in [2.75, 3.05) is 11.9 Å². The molecule has 1 fully saturated rings. The van der Waals surface area contributed by atoms with Gasteiger partial charge in [0.2, 0.25) is 17.7 Å². The number of halogens is 2. The van der Waals surface area contributed by atoms with E-state index in [1.807, 2.05) is 55.5 Å². The molecule has 2 bridgehead atoms. The minimum Gasteiger partial charge on any atom is -0.462 e. The Morgan fingerprint density at radius 3 is 1.73 bits per heavy atom. The molecule has 204 valence electrons. The highest BCUT2D eigenvalue weighted by atomic mass is 35.5. The first-order chi connectivity index (χ1) is 19.1. The van der Waals surface area contributed by atoms with Gasteiger partial charge in [-0.1, -0.05) is 55.5 Å². The molecule has 1 aliphatic heterocycles. The summed E-state index contributed by atoms with van der Waals surface area (Å²) in [7, 11) is 0. The molecule has 0 aromatic heterocycles. The van der Waals surface area contributed by atoms with Gasteiger partial charge in [0.15, 0.2) is 0 Å². The molecule has 9 heteroatoms. The first-order valence-electron chi connectivity index (χ1n) is 13.2. The predicted octanol–water partition coefficient (Wildman–Crippen LogP) is 5.17. The number of hydrogen-bond acceptors (Lipinski definition) is 5. The molecule has 3 aromatic carbocycles. The molecule has 0 saturated carbocycles. The molecule has 1 N–H and O–H groups in total. The zero-order valence-electron chi connectivity index (χ0n) is 21.8. The predicted molar refractivity (Wildman–Crippen MR) is 150 cm³/mol. The van der Waals surface area contributed by atoms with Crippen molar-refractivity contribution < 1.29 is 23.9 Å². The van der Waals surface area contributed by atoms with Crippen LogP contribution in [-0.4, -0.2) is 41.2 Å². The van der Waals surface area contributed by atoms with E-state index in [4.69, 9.17) is 27.9 Å². The number of benzene rings is 3. The van der Waals surface area contributed by atoms with Crippen molar-refractivity contribution in [1.29, 1.82) is 0 Å². The molecule has 3 aromatic rings. The Labute approximate surface area is 241 Å². The van der Waals surface area contributed by atoms with Crippen LogP contribution in [0.5, 0.6) is 0 Å². The van der Waals surface area contributed by atoms with Gasteiger partial charge in [-0.3, -0.25) is 19.3 Å². The fourth-order valence-electron chi connectivity index (χ4n) is 6.40. The van der Waals surface area contributed by atoms with Crippen LogP contribution in [0.4, 0.5) is 5.69 Å². The van der Waals surface area contributed by atoms with Crippen molar-refractivity contribution in [3.05, 3.63) is 101 Å². The molecule has 0 radical (unpaired) electrons. The van der Waals surface area contributed by atoms with Gasteiger partial charge < -0.3 is 10.1 Å². The van der Waals surface area contributed by atoms with Crippen LogP contribution in [0.1, 0.15) is 52.9 Å². The van der Waals surface area contributed by atoms with Crippen molar-refractivity contribution >= 4 is 52.6 Å². The molecule has 3 atom stereocenters. The molecule has 7 rings (SSSR count). The second-order valence-corrected chi connectivity index (χ2v) is 11.6. The third-order valence-corrected chi connectivity index (χ3v) is 9.50. The maximum absolute atomic E-state index is 14.0. The molecule has 1 saturated heterocycles. The van der Waals surface area contributed by atoms with Crippen LogP contribution in [0, 0.1) is 11.8 Å². The fraction of sp³-hybridized carbons (Fsp3) is 0.290. The Morgan fingerprint density at radius 2 is 1.30 bits per heavy atom. The van der Waals surface area contributed by atoms with Gasteiger partial charge in [0.05, 0.1) is 24.0 Å². The molecule has 0 spiro atoms. The normalized spacial score (nSPS) is 26.6. The monoisotopic (exact) mass is 576 g/mol. The van der Waals surface area contributed by atoms with Gasteiger partial charge in [-0.25, -0.2) is 4.79 Å². The van der Waals surface area contributed by atoms with E-state index < -0.39 is 51.3 Å². The number of carbonyl (C=O) groups is 4. The van der Waals surface area contributed by atoms with Crippen LogP contribution in [0.2, 0.25) is 0 Å². The molecule has 4 aliphatic rings. The van der Waals surface area contributed by atoms with Crippen LogP contribution in [0.25, 0.3) is 0 Å². The number of hydrogen-bond donors (Lipinski definition) is 1. The second-order valence-electron chi connectivity index (χ2n) is 10.4. The van der Waals surface area contributed by atoms with Crippen LogP contribution in [-0.2, 0) is 28.9 Å². The van der Waals surface area contributed by atoms with Crippen molar-refractivity contribution in [2.24, 2.45) is 11.8 Å². The number of esters is 1. The van der Waals surface area contributed by atoms with E-state index in [-0.39, 0.29) is 0 Å².